The molecule has 1 aliphatic rings. The SMILES string of the molecule is COC(=O)C1=NOC(CSc2nnc(-c3cccs3)n2C)C1. The molecule has 9 heteroatoms. The number of nitrogens with zero attached hydrogens (tertiary/aromatic N) is 4. The molecule has 2 aromatic rings. The van der Waals surface area contributed by atoms with E-state index in [2.05, 4.69) is 20.1 Å². The third-order valence-corrected chi connectivity index (χ3v) is 5.15. The molecule has 0 radical (unpaired) electrons. The topological polar surface area (TPSA) is 78.6 Å². The van der Waals surface area contributed by atoms with Crippen molar-refractivity contribution in [3.05, 3.63) is 17.5 Å². The number of carbonyl (C=O) groups excluding carboxylic acids is 1. The van der Waals surface area contributed by atoms with E-state index in [0.29, 0.717) is 17.9 Å². The summed E-state index contributed by atoms with van der Waals surface area (Å²) in [6, 6.07) is 4.00. The normalized spacial score (nSPS) is 17.2. The van der Waals surface area contributed by atoms with Crippen LogP contribution in [0.2, 0.25) is 0 Å². The molecule has 0 bridgehead atoms. The van der Waals surface area contributed by atoms with E-state index in [1.807, 2.05) is 29.1 Å². The number of hydrogen-bond acceptors (Lipinski definition) is 8. The highest BCUT2D eigenvalue weighted by Gasteiger charge is 2.27. The van der Waals surface area contributed by atoms with Crippen molar-refractivity contribution in [1.29, 1.82) is 0 Å². The van der Waals surface area contributed by atoms with Crippen LogP contribution in [0.15, 0.2) is 27.8 Å². The third kappa shape index (κ3) is 3.00. The van der Waals surface area contributed by atoms with Crippen LogP contribution < -0.4 is 0 Å². The number of ether oxygens (including phenoxy) is 1. The molecule has 0 saturated carbocycles. The summed E-state index contributed by atoms with van der Waals surface area (Å²) in [5, 5.41) is 15.0. The zero-order valence-electron chi connectivity index (χ0n) is 12.1. The van der Waals surface area contributed by atoms with Crippen molar-refractivity contribution < 1.29 is 14.4 Å². The van der Waals surface area contributed by atoms with Crippen LogP contribution in [-0.4, -0.2) is 45.4 Å². The number of hydrogen-bond donors (Lipinski definition) is 0. The molecule has 116 valence electrons. The molecule has 3 rings (SSSR count). The summed E-state index contributed by atoms with van der Waals surface area (Å²) in [4.78, 5) is 17.7. The van der Waals surface area contributed by atoms with Gasteiger partial charge in [0.2, 0.25) is 0 Å². The summed E-state index contributed by atoms with van der Waals surface area (Å²) in [6.45, 7) is 0. The Morgan fingerprint density at radius 2 is 2.45 bits per heavy atom. The second kappa shape index (κ2) is 6.49. The number of aromatic nitrogens is 3. The van der Waals surface area contributed by atoms with Gasteiger partial charge in [0.05, 0.1) is 12.0 Å². The van der Waals surface area contributed by atoms with Crippen molar-refractivity contribution in [2.45, 2.75) is 17.7 Å². The van der Waals surface area contributed by atoms with Crippen LogP contribution in [0.25, 0.3) is 10.7 Å². The zero-order valence-corrected chi connectivity index (χ0v) is 13.7. The average molecular weight is 338 g/mol. The Hall–Kier alpha value is -1.87. The predicted molar refractivity (Wildman–Crippen MR) is 84.0 cm³/mol. The molecule has 0 spiro atoms. The largest absolute Gasteiger partial charge is 0.464 e. The second-order valence-electron chi connectivity index (χ2n) is 4.61. The molecule has 0 N–H and O–H groups in total. The number of rotatable bonds is 5. The number of oxime groups is 1. The standard InChI is InChI=1S/C13H14N4O3S2/c1-17-11(10-4-3-5-21-10)14-15-13(17)22-7-8-6-9(16-20-8)12(18)19-2/h3-5,8H,6-7H2,1-2H3. The van der Waals surface area contributed by atoms with Crippen molar-refractivity contribution in [3.8, 4) is 10.7 Å². The lowest BCUT2D eigenvalue weighted by Gasteiger charge is -2.07. The van der Waals surface area contributed by atoms with Gasteiger partial charge >= 0.3 is 5.97 Å². The molecule has 1 aliphatic heterocycles. The van der Waals surface area contributed by atoms with Gasteiger partial charge in [0.1, 0.15) is 6.10 Å². The van der Waals surface area contributed by atoms with E-state index in [-0.39, 0.29) is 6.10 Å². The molecule has 3 heterocycles. The van der Waals surface area contributed by atoms with Crippen LogP contribution in [-0.2, 0) is 21.4 Å². The quantitative estimate of drug-likeness (QED) is 0.612. The Labute approximate surface area is 135 Å². The minimum Gasteiger partial charge on any atom is -0.464 e. The van der Waals surface area contributed by atoms with E-state index < -0.39 is 5.97 Å². The van der Waals surface area contributed by atoms with Crippen molar-refractivity contribution in [3.63, 3.8) is 0 Å². The highest BCUT2D eigenvalue weighted by molar-refractivity contribution is 7.99. The smallest absolute Gasteiger partial charge is 0.355 e. The monoisotopic (exact) mass is 338 g/mol. The van der Waals surface area contributed by atoms with Gasteiger partial charge in [-0.05, 0) is 11.4 Å². The van der Waals surface area contributed by atoms with E-state index in [1.54, 1.807) is 11.3 Å². The van der Waals surface area contributed by atoms with Gasteiger partial charge < -0.3 is 14.1 Å². The van der Waals surface area contributed by atoms with Crippen LogP contribution in [0.5, 0.6) is 0 Å². The molecule has 0 aliphatic carbocycles. The maximum atomic E-state index is 11.4. The van der Waals surface area contributed by atoms with E-state index in [4.69, 9.17) is 4.84 Å². The predicted octanol–water partition coefficient (Wildman–Crippen LogP) is 1.95. The minimum absolute atomic E-state index is 0.152. The maximum absolute atomic E-state index is 11.4. The first kappa shape index (κ1) is 15.0. The van der Waals surface area contributed by atoms with Crippen LogP contribution in [0.1, 0.15) is 6.42 Å². The lowest BCUT2D eigenvalue weighted by molar-refractivity contribution is -0.132. The Morgan fingerprint density at radius 3 is 3.18 bits per heavy atom. The van der Waals surface area contributed by atoms with Gasteiger partial charge in [-0.15, -0.1) is 21.5 Å². The molecule has 0 amide bonds. The Morgan fingerprint density at radius 1 is 1.59 bits per heavy atom. The molecule has 1 unspecified atom stereocenters. The summed E-state index contributed by atoms with van der Waals surface area (Å²) in [6.07, 6.45) is 0.302. The number of methoxy groups -OCH3 is 1. The molecule has 0 aromatic carbocycles. The highest BCUT2D eigenvalue weighted by Crippen LogP contribution is 2.27. The van der Waals surface area contributed by atoms with Gasteiger partial charge in [-0.1, -0.05) is 23.0 Å². The molecule has 0 fully saturated rings. The van der Waals surface area contributed by atoms with Gasteiger partial charge in [0.15, 0.2) is 16.7 Å². The lowest BCUT2D eigenvalue weighted by Crippen LogP contribution is -2.18. The van der Waals surface area contributed by atoms with Crippen molar-refractivity contribution >= 4 is 34.8 Å². The molecular weight excluding hydrogens is 324 g/mol. The van der Waals surface area contributed by atoms with Crippen LogP contribution >= 0.6 is 23.1 Å². The van der Waals surface area contributed by atoms with Gasteiger partial charge in [0, 0.05) is 19.2 Å². The zero-order chi connectivity index (χ0) is 15.5. The average Bonchev–Trinajstić information content (AvgIpc) is 3.25. The van der Waals surface area contributed by atoms with Crippen molar-refractivity contribution in [1.82, 2.24) is 14.8 Å². The summed E-state index contributed by atoms with van der Waals surface area (Å²) in [7, 11) is 3.27. The van der Waals surface area contributed by atoms with E-state index in [0.717, 1.165) is 15.9 Å². The fraction of sp³-hybridized carbons (Fsp3) is 0.385. The van der Waals surface area contributed by atoms with Gasteiger partial charge in [-0.3, -0.25) is 0 Å². The molecule has 7 nitrogen and oxygen atoms in total. The van der Waals surface area contributed by atoms with Crippen LogP contribution in [0.3, 0.4) is 0 Å². The van der Waals surface area contributed by atoms with E-state index in [9.17, 15) is 4.79 Å². The lowest BCUT2D eigenvalue weighted by atomic mass is 10.2. The Balaban J connectivity index is 1.59. The maximum Gasteiger partial charge on any atom is 0.355 e. The van der Waals surface area contributed by atoms with Gasteiger partial charge in [0.25, 0.3) is 0 Å². The summed E-state index contributed by atoms with van der Waals surface area (Å²) in [5.74, 6) is 1.04. The third-order valence-electron chi connectivity index (χ3n) is 3.13. The van der Waals surface area contributed by atoms with Gasteiger partial charge in [-0.2, -0.15) is 0 Å². The fourth-order valence-electron chi connectivity index (χ4n) is 1.98. The summed E-state index contributed by atoms with van der Waals surface area (Å²) < 4.78 is 6.58. The van der Waals surface area contributed by atoms with Crippen LogP contribution in [0, 0.1) is 0 Å². The van der Waals surface area contributed by atoms with Crippen molar-refractivity contribution in [2.75, 3.05) is 12.9 Å². The van der Waals surface area contributed by atoms with E-state index in [1.165, 1.54) is 18.9 Å². The number of thiophene rings is 1. The molecule has 22 heavy (non-hydrogen) atoms. The summed E-state index contributed by atoms with van der Waals surface area (Å²) in [5.41, 5.74) is 0.324. The number of carbonyl (C=O) groups is 1. The Bertz CT molecular complexity index is 696. The molecule has 1 atom stereocenters. The molecule has 2 aromatic heterocycles. The highest BCUT2D eigenvalue weighted by atomic mass is 32.2. The number of esters is 1. The molecular formula is C13H14N4O3S2. The second-order valence-corrected chi connectivity index (χ2v) is 6.55. The Kier molecular flexibility index (Phi) is 4.44. The molecule has 0 saturated heterocycles. The first-order valence-electron chi connectivity index (χ1n) is 6.56. The minimum atomic E-state index is -0.439. The van der Waals surface area contributed by atoms with Crippen molar-refractivity contribution in [2.24, 2.45) is 12.2 Å². The summed E-state index contributed by atoms with van der Waals surface area (Å²) >= 11 is 3.15. The van der Waals surface area contributed by atoms with E-state index >= 15 is 0 Å². The number of thioether (sulfide) groups is 1. The fourth-order valence-corrected chi connectivity index (χ4v) is 3.62. The van der Waals surface area contributed by atoms with Gasteiger partial charge in [-0.25, -0.2) is 4.79 Å². The first-order valence-corrected chi connectivity index (χ1v) is 8.42. The van der Waals surface area contributed by atoms with Crippen LogP contribution in [0.4, 0.5) is 0 Å². The first-order chi connectivity index (χ1) is 10.7.